The van der Waals surface area contributed by atoms with Crippen molar-refractivity contribution in [2.45, 2.75) is 13.1 Å². The van der Waals surface area contributed by atoms with Crippen molar-refractivity contribution in [2.24, 2.45) is 0 Å². The molecule has 0 atom stereocenters. The van der Waals surface area contributed by atoms with Crippen LogP contribution in [0.15, 0.2) is 97.6 Å². The van der Waals surface area contributed by atoms with Crippen LogP contribution in [0.1, 0.15) is 11.1 Å². The third kappa shape index (κ3) is 4.35. The van der Waals surface area contributed by atoms with Gasteiger partial charge in [0, 0.05) is 46.8 Å². The first kappa shape index (κ1) is 17.7. The number of rotatable bonds is 5. The van der Waals surface area contributed by atoms with Crippen molar-refractivity contribution in [3.05, 3.63) is 109 Å². The van der Waals surface area contributed by atoms with E-state index in [4.69, 9.17) is 11.5 Å². The summed E-state index contributed by atoms with van der Waals surface area (Å²) in [5, 5.41) is 0. The van der Waals surface area contributed by atoms with E-state index in [0.29, 0.717) is 0 Å². The number of hydrogen-bond acceptors (Lipinski definition) is 2. The molecule has 0 unspecified atom stereocenters. The molecule has 4 nitrogen and oxygen atoms in total. The Morgan fingerprint density at radius 1 is 0.536 bits per heavy atom. The van der Waals surface area contributed by atoms with Crippen LogP contribution in [0.3, 0.4) is 0 Å². The molecule has 138 valence electrons. The molecule has 0 radical (unpaired) electrons. The number of aromatic nitrogens is 2. The molecular formula is C24H24N4+2. The summed E-state index contributed by atoms with van der Waals surface area (Å²) >= 11 is 0. The molecule has 0 bridgehead atoms. The Morgan fingerprint density at radius 3 is 1.32 bits per heavy atom. The number of nitrogen functional groups attached to an aromatic ring is 2. The van der Waals surface area contributed by atoms with Crippen LogP contribution in [-0.4, -0.2) is 0 Å². The van der Waals surface area contributed by atoms with Gasteiger partial charge in [-0.05, 0) is 23.3 Å². The summed E-state index contributed by atoms with van der Waals surface area (Å²) < 4.78 is 4.26. The highest BCUT2D eigenvalue weighted by Crippen LogP contribution is 2.21. The fraction of sp³-hybridized carbons (Fsp3) is 0.0833. The van der Waals surface area contributed by atoms with E-state index < -0.39 is 0 Å². The highest BCUT2D eigenvalue weighted by atomic mass is 14.9. The SMILES string of the molecule is Nc1cc[n+](Cc2cccc(-c3cccc(C[n+]4ccc(N)cc4)c3)c2)cc1. The van der Waals surface area contributed by atoms with Crippen molar-refractivity contribution in [3.63, 3.8) is 0 Å². The molecule has 0 spiro atoms. The monoisotopic (exact) mass is 368 g/mol. The lowest BCUT2D eigenvalue weighted by molar-refractivity contribution is -0.688. The van der Waals surface area contributed by atoms with E-state index in [0.717, 1.165) is 24.5 Å². The Kier molecular flexibility index (Phi) is 5.02. The maximum absolute atomic E-state index is 5.78. The Bertz CT molecular complexity index is 981. The van der Waals surface area contributed by atoms with E-state index in [1.807, 2.05) is 49.1 Å². The minimum absolute atomic E-state index is 0.779. The lowest BCUT2D eigenvalue weighted by atomic mass is 10.0. The molecule has 0 amide bonds. The molecule has 2 aromatic carbocycles. The Hall–Kier alpha value is -3.66. The fourth-order valence-electron chi connectivity index (χ4n) is 3.27. The second kappa shape index (κ2) is 7.92. The quantitative estimate of drug-likeness (QED) is 0.532. The summed E-state index contributed by atoms with van der Waals surface area (Å²) in [7, 11) is 0. The molecule has 0 fully saturated rings. The zero-order chi connectivity index (χ0) is 19.3. The van der Waals surface area contributed by atoms with Crippen molar-refractivity contribution in [2.75, 3.05) is 11.5 Å². The first-order chi connectivity index (χ1) is 13.7. The average Bonchev–Trinajstić information content (AvgIpc) is 2.72. The number of hydrogen-bond donors (Lipinski definition) is 2. The molecule has 0 aliphatic carbocycles. The third-order valence-electron chi connectivity index (χ3n) is 4.75. The normalized spacial score (nSPS) is 10.7. The van der Waals surface area contributed by atoms with Gasteiger partial charge < -0.3 is 11.5 Å². The second-order valence-electron chi connectivity index (χ2n) is 7.01. The number of nitrogens with zero attached hydrogens (tertiary/aromatic N) is 2. The topological polar surface area (TPSA) is 59.8 Å². The van der Waals surface area contributed by atoms with Gasteiger partial charge in [-0.25, -0.2) is 9.13 Å². The van der Waals surface area contributed by atoms with Gasteiger partial charge in [-0.15, -0.1) is 0 Å². The maximum Gasteiger partial charge on any atom is 0.173 e. The molecule has 0 aliphatic rings. The molecule has 0 aliphatic heterocycles. The van der Waals surface area contributed by atoms with E-state index in [1.165, 1.54) is 22.3 Å². The first-order valence-corrected chi connectivity index (χ1v) is 9.33. The molecular weight excluding hydrogens is 344 g/mol. The molecule has 0 saturated carbocycles. The smallest absolute Gasteiger partial charge is 0.173 e. The van der Waals surface area contributed by atoms with Gasteiger partial charge in [-0.3, -0.25) is 0 Å². The summed E-state index contributed by atoms with van der Waals surface area (Å²) in [6, 6.07) is 25.0. The van der Waals surface area contributed by atoms with Crippen LogP contribution in [0.25, 0.3) is 11.1 Å². The molecule has 4 rings (SSSR count). The van der Waals surface area contributed by atoms with Crippen LogP contribution in [0, 0.1) is 0 Å². The molecule has 0 saturated heterocycles. The standard InChI is InChI=1S/C24H22N4/c25-23-7-11-27(12-8-23)17-19-3-1-5-21(15-19)22-6-2-4-20(16-22)18-28-13-9-24(26)10-14-28/h1-16,25-26H,17-18H2/p+2. The van der Waals surface area contributed by atoms with Gasteiger partial charge in [0.05, 0.1) is 0 Å². The van der Waals surface area contributed by atoms with Crippen LogP contribution in [-0.2, 0) is 13.1 Å². The minimum atomic E-state index is 0.779. The van der Waals surface area contributed by atoms with E-state index in [2.05, 4.69) is 57.7 Å². The van der Waals surface area contributed by atoms with Crippen molar-refractivity contribution < 1.29 is 9.13 Å². The van der Waals surface area contributed by atoms with E-state index in [-0.39, 0.29) is 0 Å². The fourth-order valence-corrected chi connectivity index (χ4v) is 3.27. The highest BCUT2D eigenvalue weighted by Gasteiger charge is 2.07. The lowest BCUT2D eigenvalue weighted by Gasteiger charge is -2.06. The van der Waals surface area contributed by atoms with Crippen LogP contribution in [0.2, 0.25) is 0 Å². The predicted octanol–water partition coefficient (Wildman–Crippen LogP) is 3.19. The van der Waals surface area contributed by atoms with E-state index >= 15 is 0 Å². The summed E-state index contributed by atoms with van der Waals surface area (Å²) in [4.78, 5) is 0. The molecule has 2 aromatic heterocycles. The number of pyridine rings is 2. The second-order valence-corrected chi connectivity index (χ2v) is 7.01. The van der Waals surface area contributed by atoms with Gasteiger partial charge in [0.15, 0.2) is 37.9 Å². The third-order valence-corrected chi connectivity index (χ3v) is 4.75. The predicted molar refractivity (Wildman–Crippen MR) is 112 cm³/mol. The average molecular weight is 368 g/mol. The van der Waals surface area contributed by atoms with Crippen molar-refractivity contribution in [3.8, 4) is 11.1 Å². The van der Waals surface area contributed by atoms with Crippen LogP contribution >= 0.6 is 0 Å². The van der Waals surface area contributed by atoms with Gasteiger partial charge in [-0.2, -0.15) is 0 Å². The zero-order valence-corrected chi connectivity index (χ0v) is 15.7. The van der Waals surface area contributed by atoms with Crippen molar-refractivity contribution in [1.82, 2.24) is 0 Å². The highest BCUT2D eigenvalue weighted by molar-refractivity contribution is 5.64. The van der Waals surface area contributed by atoms with E-state index in [1.54, 1.807) is 0 Å². The Labute approximate surface area is 165 Å². The summed E-state index contributed by atoms with van der Waals surface area (Å²) in [6.45, 7) is 1.63. The molecule has 2 heterocycles. The molecule has 28 heavy (non-hydrogen) atoms. The lowest BCUT2D eigenvalue weighted by Crippen LogP contribution is -2.33. The van der Waals surface area contributed by atoms with Crippen LogP contribution in [0.4, 0.5) is 11.4 Å². The number of benzene rings is 2. The van der Waals surface area contributed by atoms with Crippen molar-refractivity contribution >= 4 is 11.4 Å². The van der Waals surface area contributed by atoms with Gasteiger partial charge in [0.1, 0.15) is 0 Å². The number of anilines is 2. The largest absolute Gasteiger partial charge is 0.398 e. The Morgan fingerprint density at radius 2 is 0.929 bits per heavy atom. The van der Waals surface area contributed by atoms with Gasteiger partial charge in [0.2, 0.25) is 0 Å². The van der Waals surface area contributed by atoms with Crippen molar-refractivity contribution in [1.29, 1.82) is 0 Å². The van der Waals surface area contributed by atoms with Gasteiger partial charge in [0.25, 0.3) is 0 Å². The molecule has 4 aromatic rings. The summed E-state index contributed by atoms with van der Waals surface area (Å²) in [6.07, 6.45) is 8.03. The molecule has 4 N–H and O–H groups in total. The first-order valence-electron chi connectivity index (χ1n) is 9.33. The van der Waals surface area contributed by atoms with Gasteiger partial charge >= 0.3 is 0 Å². The summed E-state index contributed by atoms with van der Waals surface area (Å²) in [5.41, 5.74) is 18.1. The van der Waals surface area contributed by atoms with Crippen LogP contribution < -0.4 is 20.6 Å². The van der Waals surface area contributed by atoms with E-state index in [9.17, 15) is 0 Å². The number of nitrogens with two attached hydrogens (primary N) is 2. The summed E-state index contributed by atoms with van der Waals surface area (Å²) in [5.74, 6) is 0. The Balaban J connectivity index is 1.55. The van der Waals surface area contributed by atoms with Gasteiger partial charge in [-0.1, -0.05) is 36.4 Å². The molecule has 4 heteroatoms. The zero-order valence-electron chi connectivity index (χ0n) is 15.7. The minimum Gasteiger partial charge on any atom is -0.398 e. The van der Waals surface area contributed by atoms with Crippen LogP contribution in [0.5, 0.6) is 0 Å². The maximum atomic E-state index is 5.78.